The number of fused-ring (bicyclic) bond motifs is 3. The number of hydrogen-bond acceptors (Lipinski definition) is 5. The van der Waals surface area contributed by atoms with E-state index in [1.165, 1.54) is 15.4 Å². The number of nitrogens with one attached hydrogen (secondary N) is 2. The zero-order valence-electron chi connectivity index (χ0n) is 19.7. The molecule has 182 valence electrons. The number of carbonyl (C=O) groups excluding carboxylic acids is 2. The van der Waals surface area contributed by atoms with Gasteiger partial charge in [-0.1, -0.05) is 38.3 Å². The Morgan fingerprint density at radius 2 is 1.85 bits per heavy atom. The highest BCUT2D eigenvalue weighted by atomic mass is 16.2. The second-order valence-electron chi connectivity index (χ2n) is 9.08. The summed E-state index contributed by atoms with van der Waals surface area (Å²) in [5.74, 6) is -0.333. The Bertz CT molecular complexity index is 1310. The van der Waals surface area contributed by atoms with Crippen LogP contribution in [0.3, 0.4) is 0 Å². The topological polar surface area (TPSA) is 120 Å². The molecule has 1 aliphatic rings. The van der Waals surface area contributed by atoms with E-state index < -0.39 is 5.69 Å². The molecule has 0 unspecified atom stereocenters. The summed E-state index contributed by atoms with van der Waals surface area (Å²) >= 11 is 0. The van der Waals surface area contributed by atoms with Gasteiger partial charge in [0.2, 0.25) is 17.6 Å². The zero-order valence-corrected chi connectivity index (χ0v) is 19.7. The Kier molecular flexibility index (Phi) is 7.14. The van der Waals surface area contributed by atoms with Gasteiger partial charge in [-0.25, -0.2) is 13.9 Å². The molecule has 3 aromatic rings. The van der Waals surface area contributed by atoms with Crippen LogP contribution in [0.15, 0.2) is 33.9 Å². The minimum Gasteiger partial charge on any atom is -0.353 e. The highest BCUT2D eigenvalue weighted by Crippen LogP contribution is 2.17. The Morgan fingerprint density at radius 3 is 2.59 bits per heavy atom. The van der Waals surface area contributed by atoms with Gasteiger partial charge in [0.1, 0.15) is 6.54 Å². The number of aryl methyl sites for hydroxylation is 1. The maximum absolute atomic E-state index is 13.3. The van der Waals surface area contributed by atoms with Crippen LogP contribution in [0.4, 0.5) is 0 Å². The second-order valence-corrected chi connectivity index (χ2v) is 9.08. The average molecular weight is 469 g/mol. The first kappa shape index (κ1) is 23.7. The molecule has 10 nitrogen and oxygen atoms in total. The standard InChI is InChI=1S/C24H32N6O4/c1-3-16(2)25-21(32)15-29-24(34)30-19-12-8-7-11-18(19)22(33)28(23(30)27-29)14-13-20(31)26-17-9-5-4-6-10-17/h7-8,11-12,16-17H,3-6,9-10,13-15H2,1-2H3,(H,25,32)(H,26,31)/t16-/m0/s1. The maximum atomic E-state index is 13.3. The van der Waals surface area contributed by atoms with Crippen molar-refractivity contribution >= 4 is 28.5 Å². The largest absolute Gasteiger partial charge is 0.353 e. The van der Waals surface area contributed by atoms with Crippen LogP contribution in [0.2, 0.25) is 0 Å². The van der Waals surface area contributed by atoms with Gasteiger partial charge >= 0.3 is 5.69 Å². The molecule has 1 atom stereocenters. The fraction of sp³-hybridized carbons (Fsp3) is 0.542. The Hall–Kier alpha value is -3.43. The van der Waals surface area contributed by atoms with E-state index in [1.807, 2.05) is 13.8 Å². The van der Waals surface area contributed by atoms with Crippen molar-refractivity contribution in [2.75, 3.05) is 0 Å². The Balaban J connectivity index is 1.67. The lowest BCUT2D eigenvalue weighted by atomic mass is 9.95. The lowest BCUT2D eigenvalue weighted by Gasteiger charge is -2.22. The molecule has 1 aliphatic carbocycles. The van der Waals surface area contributed by atoms with E-state index in [2.05, 4.69) is 15.7 Å². The first-order valence-electron chi connectivity index (χ1n) is 12.1. The van der Waals surface area contributed by atoms with Crippen LogP contribution in [-0.4, -0.2) is 42.6 Å². The molecule has 1 fully saturated rings. The van der Waals surface area contributed by atoms with E-state index in [0.717, 1.165) is 36.8 Å². The number of aromatic nitrogens is 4. The van der Waals surface area contributed by atoms with Crippen LogP contribution in [0.1, 0.15) is 58.8 Å². The summed E-state index contributed by atoms with van der Waals surface area (Å²) in [6.07, 6.45) is 6.23. The molecule has 0 saturated heterocycles. The number of amides is 2. The second kappa shape index (κ2) is 10.2. The summed E-state index contributed by atoms with van der Waals surface area (Å²) in [6.45, 7) is 3.67. The van der Waals surface area contributed by atoms with Gasteiger partial charge in [-0.05, 0) is 38.3 Å². The van der Waals surface area contributed by atoms with Crippen molar-refractivity contribution in [3.63, 3.8) is 0 Å². The van der Waals surface area contributed by atoms with Crippen LogP contribution in [0, 0.1) is 0 Å². The molecule has 10 heteroatoms. The first-order valence-corrected chi connectivity index (χ1v) is 12.1. The van der Waals surface area contributed by atoms with Gasteiger partial charge in [-0.3, -0.25) is 19.0 Å². The van der Waals surface area contributed by atoms with Crippen molar-refractivity contribution in [1.82, 2.24) is 29.4 Å². The van der Waals surface area contributed by atoms with E-state index in [1.54, 1.807) is 24.3 Å². The van der Waals surface area contributed by atoms with Gasteiger partial charge in [0, 0.05) is 25.0 Å². The van der Waals surface area contributed by atoms with Crippen molar-refractivity contribution < 1.29 is 9.59 Å². The van der Waals surface area contributed by atoms with E-state index >= 15 is 0 Å². The van der Waals surface area contributed by atoms with Gasteiger partial charge in [0.05, 0.1) is 10.9 Å². The molecule has 0 spiro atoms. The highest BCUT2D eigenvalue weighted by Gasteiger charge is 2.20. The van der Waals surface area contributed by atoms with Crippen molar-refractivity contribution in [2.24, 2.45) is 0 Å². The molecule has 2 heterocycles. The van der Waals surface area contributed by atoms with E-state index in [9.17, 15) is 19.2 Å². The fourth-order valence-electron chi connectivity index (χ4n) is 4.49. The van der Waals surface area contributed by atoms with Gasteiger partial charge in [-0.2, -0.15) is 0 Å². The van der Waals surface area contributed by atoms with Gasteiger partial charge in [0.15, 0.2) is 0 Å². The van der Waals surface area contributed by atoms with E-state index in [0.29, 0.717) is 10.9 Å². The van der Waals surface area contributed by atoms with Crippen molar-refractivity contribution in [1.29, 1.82) is 0 Å². The van der Waals surface area contributed by atoms with Crippen molar-refractivity contribution in [3.8, 4) is 0 Å². The molecule has 0 bridgehead atoms. The van der Waals surface area contributed by atoms with Gasteiger partial charge in [-0.15, -0.1) is 5.10 Å². The fourth-order valence-corrected chi connectivity index (χ4v) is 4.49. The summed E-state index contributed by atoms with van der Waals surface area (Å²) in [4.78, 5) is 51.4. The van der Waals surface area contributed by atoms with Crippen LogP contribution < -0.4 is 21.9 Å². The molecule has 2 N–H and O–H groups in total. The molecular formula is C24H32N6O4. The molecular weight excluding hydrogens is 436 g/mol. The number of para-hydroxylation sites is 1. The number of nitrogens with zero attached hydrogens (tertiary/aromatic N) is 4. The van der Waals surface area contributed by atoms with Gasteiger partial charge in [0.25, 0.3) is 5.56 Å². The lowest BCUT2D eigenvalue weighted by Crippen LogP contribution is -2.37. The normalized spacial score (nSPS) is 15.5. The van der Waals surface area contributed by atoms with Crippen molar-refractivity contribution in [3.05, 3.63) is 45.1 Å². The zero-order chi connectivity index (χ0) is 24.2. The summed E-state index contributed by atoms with van der Waals surface area (Å²) in [7, 11) is 0. The third-order valence-electron chi connectivity index (χ3n) is 6.53. The lowest BCUT2D eigenvalue weighted by molar-refractivity contribution is -0.123. The third kappa shape index (κ3) is 4.90. The van der Waals surface area contributed by atoms with E-state index in [4.69, 9.17) is 0 Å². The van der Waals surface area contributed by atoms with Crippen LogP contribution in [-0.2, 0) is 22.7 Å². The smallest absolute Gasteiger partial charge is 0.352 e. The van der Waals surface area contributed by atoms with Gasteiger partial charge < -0.3 is 10.6 Å². The minimum absolute atomic E-state index is 0.0260. The number of rotatable bonds is 8. The van der Waals surface area contributed by atoms with Crippen molar-refractivity contribution in [2.45, 2.75) is 84.0 Å². The summed E-state index contributed by atoms with van der Waals surface area (Å²) < 4.78 is 3.76. The third-order valence-corrected chi connectivity index (χ3v) is 6.53. The van der Waals surface area contributed by atoms with Crippen LogP contribution in [0.25, 0.3) is 16.7 Å². The predicted molar refractivity (Wildman–Crippen MR) is 129 cm³/mol. The molecule has 2 amide bonds. The molecule has 0 radical (unpaired) electrons. The Morgan fingerprint density at radius 1 is 1.12 bits per heavy atom. The first-order chi connectivity index (χ1) is 16.4. The monoisotopic (exact) mass is 468 g/mol. The minimum atomic E-state index is -0.508. The van der Waals surface area contributed by atoms with Crippen LogP contribution in [0.5, 0.6) is 0 Å². The summed E-state index contributed by atoms with van der Waals surface area (Å²) in [5, 5.41) is 10.6. The SMILES string of the molecule is CC[C@H](C)NC(=O)Cn1nc2n(CCC(=O)NC3CCCCC3)c(=O)c3ccccc3n2c1=O. The molecule has 1 aromatic carbocycles. The molecule has 2 aromatic heterocycles. The van der Waals surface area contributed by atoms with E-state index in [-0.39, 0.29) is 54.7 Å². The average Bonchev–Trinajstić information content (AvgIpc) is 3.15. The molecule has 4 rings (SSSR count). The number of hydrogen-bond donors (Lipinski definition) is 2. The quantitative estimate of drug-likeness (QED) is 0.520. The predicted octanol–water partition coefficient (Wildman–Crippen LogP) is 1.56. The molecule has 1 saturated carbocycles. The number of benzene rings is 1. The summed E-state index contributed by atoms with van der Waals surface area (Å²) in [6, 6.07) is 6.95. The molecule has 34 heavy (non-hydrogen) atoms. The van der Waals surface area contributed by atoms with Crippen LogP contribution >= 0.6 is 0 Å². The number of carbonyl (C=O) groups is 2. The summed E-state index contributed by atoms with van der Waals surface area (Å²) in [5.41, 5.74) is -0.412. The Labute approximate surface area is 196 Å². The molecule has 0 aliphatic heterocycles. The maximum Gasteiger partial charge on any atom is 0.352 e. The highest BCUT2D eigenvalue weighted by molar-refractivity contribution is 5.80.